The fraction of sp³-hybridized carbons (Fsp3) is 0.389. The first-order chi connectivity index (χ1) is 11.0. The Labute approximate surface area is 136 Å². The Morgan fingerprint density at radius 2 is 2.17 bits per heavy atom. The molecule has 1 aromatic carbocycles. The zero-order valence-electron chi connectivity index (χ0n) is 13.8. The smallest absolute Gasteiger partial charge is 0.252 e. The van der Waals surface area contributed by atoms with Crippen molar-refractivity contribution in [2.45, 2.75) is 46.2 Å². The van der Waals surface area contributed by atoms with Crippen LogP contribution in [0.4, 0.5) is 0 Å². The van der Waals surface area contributed by atoms with Gasteiger partial charge in [0.15, 0.2) is 0 Å². The van der Waals surface area contributed by atoms with Gasteiger partial charge in [0.05, 0.1) is 18.3 Å². The molecule has 0 saturated heterocycles. The molecule has 5 nitrogen and oxygen atoms in total. The van der Waals surface area contributed by atoms with Crippen molar-refractivity contribution in [1.82, 2.24) is 15.1 Å². The van der Waals surface area contributed by atoms with Gasteiger partial charge in [-0.05, 0) is 44.0 Å². The lowest BCUT2D eigenvalue weighted by Crippen LogP contribution is -2.33. The minimum Gasteiger partial charge on any atom is -0.336 e. The Morgan fingerprint density at radius 3 is 2.78 bits per heavy atom. The van der Waals surface area contributed by atoms with Gasteiger partial charge in [-0.25, -0.2) is 0 Å². The van der Waals surface area contributed by atoms with E-state index in [-0.39, 0.29) is 5.91 Å². The van der Waals surface area contributed by atoms with Gasteiger partial charge in [-0.3, -0.25) is 9.48 Å². The van der Waals surface area contributed by atoms with E-state index >= 15 is 0 Å². The van der Waals surface area contributed by atoms with Crippen LogP contribution in [-0.2, 0) is 6.54 Å². The van der Waals surface area contributed by atoms with Gasteiger partial charge < -0.3 is 5.32 Å². The minimum atomic E-state index is -0.438. The zero-order chi connectivity index (χ0) is 16.8. The van der Waals surface area contributed by atoms with E-state index in [1.807, 2.05) is 49.7 Å². The van der Waals surface area contributed by atoms with E-state index in [1.165, 1.54) is 0 Å². The summed E-state index contributed by atoms with van der Waals surface area (Å²) in [6.07, 6.45) is 1.52. The number of rotatable bonds is 6. The summed E-state index contributed by atoms with van der Waals surface area (Å²) in [7, 11) is 0. The predicted octanol–water partition coefficient (Wildman–Crippen LogP) is 2.97. The summed E-state index contributed by atoms with van der Waals surface area (Å²) in [5.41, 5.74) is 3.64. The van der Waals surface area contributed by atoms with Gasteiger partial charge in [-0.15, -0.1) is 0 Å². The topological polar surface area (TPSA) is 70.7 Å². The van der Waals surface area contributed by atoms with Gasteiger partial charge in [0.1, 0.15) is 6.04 Å². The molecular weight excluding hydrogens is 288 g/mol. The van der Waals surface area contributed by atoms with Crippen molar-refractivity contribution >= 4 is 5.91 Å². The molecule has 5 heteroatoms. The van der Waals surface area contributed by atoms with E-state index in [0.717, 1.165) is 23.4 Å². The number of hydrogen-bond donors (Lipinski definition) is 1. The molecule has 23 heavy (non-hydrogen) atoms. The van der Waals surface area contributed by atoms with Crippen molar-refractivity contribution in [3.05, 3.63) is 52.8 Å². The van der Waals surface area contributed by atoms with Gasteiger partial charge in [0, 0.05) is 11.3 Å². The van der Waals surface area contributed by atoms with Crippen molar-refractivity contribution in [3.8, 4) is 6.07 Å². The maximum Gasteiger partial charge on any atom is 0.252 e. The molecule has 0 spiro atoms. The zero-order valence-corrected chi connectivity index (χ0v) is 13.8. The molecule has 1 unspecified atom stereocenters. The highest BCUT2D eigenvalue weighted by Crippen LogP contribution is 2.10. The summed E-state index contributed by atoms with van der Waals surface area (Å²) >= 11 is 0. The standard InChI is InChI=1S/C18H22N4O/c1-4-6-17(11-19)20-18(23)16-8-5-7-15(10-16)12-22-14(3)9-13(2)21-22/h5,7-10,17H,4,6,12H2,1-3H3,(H,20,23). The van der Waals surface area contributed by atoms with E-state index in [0.29, 0.717) is 18.5 Å². The van der Waals surface area contributed by atoms with Crippen LogP contribution >= 0.6 is 0 Å². The third-order valence-electron chi connectivity index (χ3n) is 3.66. The molecule has 1 heterocycles. The number of nitriles is 1. The summed E-state index contributed by atoms with van der Waals surface area (Å²) in [6, 6.07) is 11.2. The summed E-state index contributed by atoms with van der Waals surface area (Å²) in [5.74, 6) is -0.208. The lowest BCUT2D eigenvalue weighted by molar-refractivity contribution is 0.0944. The van der Waals surface area contributed by atoms with E-state index < -0.39 is 6.04 Å². The quantitative estimate of drug-likeness (QED) is 0.891. The van der Waals surface area contributed by atoms with Crippen LogP contribution in [-0.4, -0.2) is 21.7 Å². The number of benzene rings is 1. The molecule has 120 valence electrons. The first-order valence-electron chi connectivity index (χ1n) is 7.84. The van der Waals surface area contributed by atoms with E-state index in [1.54, 1.807) is 6.07 Å². The van der Waals surface area contributed by atoms with E-state index in [2.05, 4.69) is 16.5 Å². The van der Waals surface area contributed by atoms with Gasteiger partial charge in [-0.1, -0.05) is 25.5 Å². The SMILES string of the molecule is CCCC(C#N)NC(=O)c1cccc(Cn2nc(C)cc2C)c1. The summed E-state index contributed by atoms with van der Waals surface area (Å²) < 4.78 is 1.92. The van der Waals surface area contributed by atoms with Crippen molar-refractivity contribution < 1.29 is 4.79 Å². The molecule has 0 saturated carbocycles. The number of aromatic nitrogens is 2. The number of nitrogens with zero attached hydrogens (tertiary/aromatic N) is 3. The summed E-state index contributed by atoms with van der Waals surface area (Å²) in [4.78, 5) is 12.3. The van der Waals surface area contributed by atoms with Gasteiger partial charge in [0.2, 0.25) is 0 Å². The van der Waals surface area contributed by atoms with Gasteiger partial charge in [-0.2, -0.15) is 10.4 Å². The number of carbonyl (C=O) groups excluding carboxylic acids is 1. The Balaban J connectivity index is 2.11. The van der Waals surface area contributed by atoms with E-state index in [9.17, 15) is 4.79 Å². The van der Waals surface area contributed by atoms with Crippen LogP contribution in [0.25, 0.3) is 0 Å². The van der Waals surface area contributed by atoms with Crippen molar-refractivity contribution in [2.24, 2.45) is 0 Å². The Morgan fingerprint density at radius 1 is 1.39 bits per heavy atom. The van der Waals surface area contributed by atoms with Crippen LogP contribution in [0.15, 0.2) is 30.3 Å². The largest absolute Gasteiger partial charge is 0.336 e. The van der Waals surface area contributed by atoms with E-state index in [4.69, 9.17) is 5.26 Å². The van der Waals surface area contributed by atoms with Crippen LogP contribution < -0.4 is 5.32 Å². The first kappa shape index (κ1) is 16.8. The number of nitrogens with one attached hydrogen (secondary N) is 1. The molecule has 0 bridgehead atoms. The average molecular weight is 310 g/mol. The van der Waals surface area contributed by atoms with Crippen LogP contribution in [0.5, 0.6) is 0 Å². The third kappa shape index (κ3) is 4.43. The summed E-state index contributed by atoms with van der Waals surface area (Å²) in [5, 5.41) is 16.3. The highest BCUT2D eigenvalue weighted by atomic mass is 16.1. The maximum absolute atomic E-state index is 12.3. The molecule has 1 aromatic heterocycles. The maximum atomic E-state index is 12.3. The molecule has 0 aliphatic carbocycles. The Hall–Kier alpha value is -2.61. The molecule has 2 rings (SSSR count). The van der Waals surface area contributed by atoms with Crippen LogP contribution in [0.2, 0.25) is 0 Å². The molecule has 1 atom stereocenters. The molecule has 0 fully saturated rings. The first-order valence-corrected chi connectivity index (χ1v) is 7.84. The minimum absolute atomic E-state index is 0.208. The second kappa shape index (κ2) is 7.59. The van der Waals surface area contributed by atoms with Crippen LogP contribution in [0.3, 0.4) is 0 Å². The normalized spacial score (nSPS) is 11.7. The van der Waals surface area contributed by atoms with Gasteiger partial charge in [0.25, 0.3) is 5.91 Å². The Kier molecular flexibility index (Phi) is 5.53. The molecule has 0 aliphatic heterocycles. The molecule has 0 aliphatic rings. The lowest BCUT2D eigenvalue weighted by atomic mass is 10.1. The van der Waals surface area contributed by atoms with Crippen LogP contribution in [0, 0.1) is 25.2 Å². The monoisotopic (exact) mass is 310 g/mol. The highest BCUT2D eigenvalue weighted by Gasteiger charge is 2.13. The molecule has 1 amide bonds. The molecule has 2 aromatic rings. The molecule has 1 N–H and O–H groups in total. The predicted molar refractivity (Wildman–Crippen MR) is 89.0 cm³/mol. The Bertz CT molecular complexity index is 727. The highest BCUT2D eigenvalue weighted by molar-refractivity contribution is 5.94. The average Bonchev–Trinajstić information content (AvgIpc) is 2.84. The lowest BCUT2D eigenvalue weighted by Gasteiger charge is -2.11. The van der Waals surface area contributed by atoms with Crippen molar-refractivity contribution in [3.63, 3.8) is 0 Å². The number of amides is 1. The van der Waals surface area contributed by atoms with Crippen LogP contribution in [0.1, 0.15) is 47.1 Å². The summed E-state index contributed by atoms with van der Waals surface area (Å²) in [6.45, 7) is 6.59. The number of carbonyl (C=O) groups is 1. The fourth-order valence-corrected chi connectivity index (χ4v) is 2.52. The second-order valence-corrected chi connectivity index (χ2v) is 5.73. The van der Waals surface area contributed by atoms with Crippen molar-refractivity contribution in [1.29, 1.82) is 5.26 Å². The molecule has 0 radical (unpaired) electrons. The third-order valence-corrected chi connectivity index (χ3v) is 3.66. The number of hydrogen-bond acceptors (Lipinski definition) is 3. The second-order valence-electron chi connectivity index (χ2n) is 5.73. The molecular formula is C18H22N4O. The number of aryl methyl sites for hydroxylation is 2. The van der Waals surface area contributed by atoms with Crippen molar-refractivity contribution in [2.75, 3.05) is 0 Å². The van der Waals surface area contributed by atoms with Gasteiger partial charge >= 0.3 is 0 Å². The fourth-order valence-electron chi connectivity index (χ4n) is 2.52.